The van der Waals surface area contributed by atoms with E-state index in [1.165, 1.54) is 0 Å². The van der Waals surface area contributed by atoms with Gasteiger partial charge in [0.15, 0.2) is 5.69 Å². The van der Waals surface area contributed by atoms with Gasteiger partial charge in [-0.1, -0.05) is 17.7 Å². The smallest absolute Gasteiger partial charge is 0.276 e. The molecule has 88 valence electrons. The maximum absolute atomic E-state index is 11.9. The van der Waals surface area contributed by atoms with Gasteiger partial charge in [0.2, 0.25) is 0 Å². The van der Waals surface area contributed by atoms with Gasteiger partial charge in [-0.3, -0.25) is 9.48 Å². The zero-order valence-corrected chi connectivity index (χ0v) is 10.3. The van der Waals surface area contributed by atoms with Crippen LogP contribution < -0.4 is 5.32 Å². The lowest BCUT2D eigenvalue weighted by Crippen LogP contribution is -2.14. The van der Waals surface area contributed by atoms with Crippen LogP contribution in [0.1, 0.15) is 16.1 Å². The highest BCUT2D eigenvalue weighted by Crippen LogP contribution is 2.16. The summed E-state index contributed by atoms with van der Waals surface area (Å²) in [6, 6.07) is 7.01. The van der Waals surface area contributed by atoms with Crippen molar-refractivity contribution in [1.29, 1.82) is 0 Å². The fourth-order valence-electron chi connectivity index (χ4n) is 1.59. The highest BCUT2D eigenvalue weighted by Gasteiger charge is 2.13. The quantitative estimate of drug-likeness (QED) is 0.889. The second-order valence-corrected chi connectivity index (χ2v) is 4.24. The molecule has 1 N–H and O–H groups in total. The summed E-state index contributed by atoms with van der Waals surface area (Å²) >= 11 is 5.84. The van der Waals surface area contributed by atoms with Crippen molar-refractivity contribution >= 4 is 23.2 Å². The number of carbonyl (C=O) groups excluding carboxylic acids is 1. The van der Waals surface area contributed by atoms with Gasteiger partial charge in [0, 0.05) is 29.5 Å². The molecule has 0 bridgehead atoms. The van der Waals surface area contributed by atoms with E-state index in [0.717, 1.165) is 5.56 Å². The number of hydrogen-bond donors (Lipinski definition) is 1. The minimum absolute atomic E-state index is 0.231. The molecule has 0 aliphatic heterocycles. The summed E-state index contributed by atoms with van der Waals surface area (Å²) in [5, 5.41) is 7.44. The van der Waals surface area contributed by atoms with Crippen molar-refractivity contribution in [2.45, 2.75) is 6.92 Å². The largest absolute Gasteiger partial charge is 0.321 e. The number of amides is 1. The number of carbonyl (C=O) groups is 1. The first-order valence-corrected chi connectivity index (χ1v) is 5.51. The Balaban J connectivity index is 2.20. The lowest BCUT2D eigenvalue weighted by molar-refractivity contribution is 0.102. The van der Waals surface area contributed by atoms with Gasteiger partial charge in [0.05, 0.1) is 0 Å². The van der Waals surface area contributed by atoms with E-state index in [1.807, 2.05) is 6.92 Å². The molecule has 17 heavy (non-hydrogen) atoms. The fourth-order valence-corrected chi connectivity index (χ4v) is 1.78. The Morgan fingerprint density at radius 2 is 2.24 bits per heavy atom. The second kappa shape index (κ2) is 4.59. The number of hydrogen-bond acceptors (Lipinski definition) is 2. The van der Waals surface area contributed by atoms with E-state index in [2.05, 4.69) is 10.4 Å². The molecule has 0 unspecified atom stereocenters. The van der Waals surface area contributed by atoms with E-state index in [1.54, 1.807) is 42.2 Å². The zero-order valence-electron chi connectivity index (χ0n) is 9.57. The van der Waals surface area contributed by atoms with Gasteiger partial charge in [-0.05, 0) is 25.1 Å². The minimum atomic E-state index is -0.231. The summed E-state index contributed by atoms with van der Waals surface area (Å²) in [6.45, 7) is 1.85. The van der Waals surface area contributed by atoms with Gasteiger partial charge < -0.3 is 5.32 Å². The third-order valence-corrected chi connectivity index (χ3v) is 2.54. The maximum atomic E-state index is 11.9. The Kier molecular flexibility index (Phi) is 3.15. The molecule has 1 aromatic heterocycles. The Labute approximate surface area is 104 Å². The van der Waals surface area contributed by atoms with Crippen molar-refractivity contribution in [2.75, 3.05) is 5.32 Å². The van der Waals surface area contributed by atoms with E-state index < -0.39 is 0 Å². The van der Waals surface area contributed by atoms with Crippen LogP contribution in [0.2, 0.25) is 5.02 Å². The molecule has 5 heteroatoms. The minimum Gasteiger partial charge on any atom is -0.321 e. The Hall–Kier alpha value is -1.81. The van der Waals surface area contributed by atoms with Crippen LogP contribution in [0.4, 0.5) is 5.69 Å². The number of aromatic nitrogens is 2. The average molecular weight is 250 g/mol. The molecular weight excluding hydrogens is 238 g/mol. The second-order valence-electron chi connectivity index (χ2n) is 3.80. The van der Waals surface area contributed by atoms with Crippen LogP contribution in [0, 0.1) is 6.92 Å². The van der Waals surface area contributed by atoms with Crippen LogP contribution in [-0.4, -0.2) is 15.7 Å². The van der Waals surface area contributed by atoms with Crippen molar-refractivity contribution in [2.24, 2.45) is 7.05 Å². The Morgan fingerprint density at radius 1 is 1.47 bits per heavy atom. The normalized spacial score (nSPS) is 10.3. The summed E-state index contributed by atoms with van der Waals surface area (Å²) < 4.78 is 1.61. The maximum Gasteiger partial charge on any atom is 0.276 e. The first kappa shape index (κ1) is 11.7. The lowest BCUT2D eigenvalue weighted by Gasteiger charge is -2.03. The molecular formula is C12H12ClN3O. The molecule has 0 fully saturated rings. The van der Waals surface area contributed by atoms with Gasteiger partial charge in [0.25, 0.3) is 5.91 Å². The van der Waals surface area contributed by atoms with Crippen molar-refractivity contribution < 1.29 is 4.79 Å². The van der Waals surface area contributed by atoms with Crippen LogP contribution >= 0.6 is 11.6 Å². The van der Waals surface area contributed by atoms with Crippen molar-refractivity contribution in [1.82, 2.24) is 9.78 Å². The van der Waals surface area contributed by atoms with Crippen LogP contribution in [0.15, 0.2) is 30.5 Å². The third kappa shape index (κ3) is 2.65. The van der Waals surface area contributed by atoms with Gasteiger partial charge >= 0.3 is 0 Å². The van der Waals surface area contributed by atoms with E-state index >= 15 is 0 Å². The highest BCUT2D eigenvalue weighted by molar-refractivity contribution is 6.30. The van der Waals surface area contributed by atoms with Gasteiger partial charge in [0.1, 0.15) is 0 Å². The number of aryl methyl sites for hydroxylation is 2. The highest BCUT2D eigenvalue weighted by atomic mass is 35.5. The molecule has 0 saturated carbocycles. The topological polar surface area (TPSA) is 46.9 Å². The van der Waals surface area contributed by atoms with Gasteiger partial charge in [-0.25, -0.2) is 0 Å². The Bertz CT molecular complexity index is 563. The molecule has 1 heterocycles. The molecule has 4 nitrogen and oxygen atoms in total. The molecule has 0 atom stereocenters. The zero-order chi connectivity index (χ0) is 12.4. The van der Waals surface area contributed by atoms with Gasteiger partial charge in [-0.2, -0.15) is 5.10 Å². The average Bonchev–Trinajstić information content (AvgIpc) is 2.58. The fraction of sp³-hybridized carbons (Fsp3) is 0.167. The first-order chi connectivity index (χ1) is 8.06. The number of rotatable bonds is 2. The number of benzene rings is 1. The van der Waals surface area contributed by atoms with E-state index in [4.69, 9.17) is 11.6 Å². The van der Waals surface area contributed by atoms with Crippen molar-refractivity contribution in [3.05, 3.63) is 46.7 Å². The summed E-state index contributed by atoms with van der Waals surface area (Å²) in [5.41, 5.74) is 1.92. The molecule has 1 aromatic carbocycles. The number of nitrogens with one attached hydrogen (secondary N) is 1. The van der Waals surface area contributed by atoms with Crippen molar-refractivity contribution in [3.8, 4) is 0 Å². The lowest BCUT2D eigenvalue weighted by atomic mass is 10.2. The SMILES string of the molecule is Cc1cn(C)nc1C(=O)Nc1cccc(Cl)c1. The third-order valence-electron chi connectivity index (χ3n) is 2.31. The summed E-state index contributed by atoms with van der Waals surface area (Å²) in [7, 11) is 1.78. The van der Waals surface area contributed by atoms with Crippen molar-refractivity contribution in [3.63, 3.8) is 0 Å². The molecule has 0 radical (unpaired) electrons. The summed E-state index contributed by atoms with van der Waals surface area (Å²) in [4.78, 5) is 11.9. The van der Waals surface area contributed by atoms with E-state index in [0.29, 0.717) is 16.4 Å². The standard InChI is InChI=1S/C12H12ClN3O/c1-8-7-16(2)15-11(8)12(17)14-10-5-3-4-9(13)6-10/h3-7H,1-2H3,(H,14,17). The van der Waals surface area contributed by atoms with Crippen LogP contribution in [0.3, 0.4) is 0 Å². The number of anilines is 1. The predicted octanol–water partition coefficient (Wildman–Crippen LogP) is 2.63. The van der Waals surface area contributed by atoms with Crippen LogP contribution in [0.25, 0.3) is 0 Å². The van der Waals surface area contributed by atoms with Crippen LogP contribution in [0.5, 0.6) is 0 Å². The number of nitrogens with zero attached hydrogens (tertiary/aromatic N) is 2. The molecule has 0 aliphatic carbocycles. The molecule has 0 spiro atoms. The molecule has 0 saturated heterocycles. The van der Waals surface area contributed by atoms with Gasteiger partial charge in [-0.15, -0.1) is 0 Å². The van der Waals surface area contributed by atoms with E-state index in [-0.39, 0.29) is 5.91 Å². The van der Waals surface area contributed by atoms with E-state index in [9.17, 15) is 4.79 Å². The number of halogens is 1. The van der Waals surface area contributed by atoms with Crippen LogP contribution in [-0.2, 0) is 7.05 Å². The molecule has 2 aromatic rings. The molecule has 0 aliphatic rings. The summed E-state index contributed by atoms with van der Waals surface area (Å²) in [6.07, 6.45) is 1.80. The monoisotopic (exact) mass is 249 g/mol. The molecule has 1 amide bonds. The Morgan fingerprint density at radius 3 is 2.82 bits per heavy atom. The first-order valence-electron chi connectivity index (χ1n) is 5.13. The predicted molar refractivity (Wildman–Crippen MR) is 67.4 cm³/mol. The molecule has 2 rings (SSSR count). The summed E-state index contributed by atoms with van der Waals surface area (Å²) in [5.74, 6) is -0.231.